The second-order valence-corrected chi connectivity index (χ2v) is 3.78. The van der Waals surface area contributed by atoms with E-state index in [2.05, 4.69) is 16.4 Å². The second kappa shape index (κ2) is 4.12. The van der Waals surface area contributed by atoms with Crippen molar-refractivity contribution in [2.45, 2.75) is 0 Å². The maximum absolute atomic E-state index is 10.9. The third-order valence-electron chi connectivity index (χ3n) is 2.65. The Morgan fingerprint density at radius 2 is 2.00 bits per heavy atom. The average Bonchev–Trinajstić information content (AvgIpc) is 3.03. The number of aromatic nitrogens is 4. The van der Waals surface area contributed by atoms with Crippen molar-refractivity contribution in [1.29, 1.82) is 0 Å². The Labute approximate surface area is 110 Å². The zero-order chi connectivity index (χ0) is 14.3. The summed E-state index contributed by atoms with van der Waals surface area (Å²) in [6.07, 6.45) is 3.68. The highest BCUT2D eigenvalue weighted by Crippen LogP contribution is 2.25. The minimum Gasteiger partial charge on any atom is -0.339 e. The van der Waals surface area contributed by atoms with Gasteiger partial charge in [-0.1, -0.05) is 6.07 Å². The van der Waals surface area contributed by atoms with Gasteiger partial charge in [0.25, 0.3) is 11.5 Å². The normalized spacial score (nSPS) is 10.8. The molecule has 0 fully saturated rings. The lowest BCUT2D eigenvalue weighted by atomic mass is 10.2. The number of nitro groups is 2. The molecule has 1 aromatic carbocycles. The van der Waals surface area contributed by atoms with Crippen LogP contribution in [0.1, 0.15) is 0 Å². The third-order valence-corrected chi connectivity index (χ3v) is 2.65. The van der Waals surface area contributed by atoms with E-state index in [1.54, 1.807) is 6.07 Å². The fourth-order valence-electron chi connectivity index (χ4n) is 1.81. The molecule has 0 unspecified atom stereocenters. The highest BCUT2D eigenvalue weighted by Gasteiger charge is 2.19. The summed E-state index contributed by atoms with van der Waals surface area (Å²) in [5.74, 6) is 0.174. The van der Waals surface area contributed by atoms with E-state index >= 15 is 0 Å². The number of benzene rings is 1. The van der Waals surface area contributed by atoms with Crippen molar-refractivity contribution in [3.05, 3.63) is 56.9 Å². The molecule has 2 heterocycles. The van der Waals surface area contributed by atoms with Crippen molar-refractivity contribution in [3.63, 3.8) is 0 Å². The fourth-order valence-corrected chi connectivity index (χ4v) is 1.81. The van der Waals surface area contributed by atoms with Gasteiger partial charge in [-0.2, -0.15) is 9.78 Å². The first-order valence-electron chi connectivity index (χ1n) is 5.32. The zero-order valence-corrected chi connectivity index (χ0v) is 9.70. The Morgan fingerprint density at radius 1 is 1.20 bits per heavy atom. The Balaban J connectivity index is 2.19. The van der Waals surface area contributed by atoms with Crippen LogP contribution in [0.5, 0.6) is 0 Å². The SMILES string of the molecule is O=[N+]([O-])c1cccc2c1[c]nn2-c1ccn([N+](=O)[O-])n1. The van der Waals surface area contributed by atoms with Gasteiger partial charge in [0.05, 0.1) is 20.6 Å². The van der Waals surface area contributed by atoms with Gasteiger partial charge >= 0.3 is 0 Å². The molecule has 0 aliphatic heterocycles. The summed E-state index contributed by atoms with van der Waals surface area (Å²) in [6.45, 7) is 0. The van der Waals surface area contributed by atoms with Crippen LogP contribution in [-0.2, 0) is 0 Å². The predicted molar refractivity (Wildman–Crippen MR) is 64.7 cm³/mol. The predicted octanol–water partition coefficient (Wildman–Crippen LogP) is 0.970. The van der Waals surface area contributed by atoms with Crippen LogP contribution in [0.4, 0.5) is 5.69 Å². The number of rotatable bonds is 3. The molecular formula is C10H5N6O4. The maximum Gasteiger partial charge on any atom is 0.296 e. The summed E-state index contributed by atoms with van der Waals surface area (Å²) in [5.41, 5.74) is 0.259. The zero-order valence-electron chi connectivity index (χ0n) is 9.70. The topological polar surface area (TPSA) is 122 Å². The monoisotopic (exact) mass is 273 g/mol. The summed E-state index contributed by atoms with van der Waals surface area (Å²) in [6, 6.07) is 5.80. The van der Waals surface area contributed by atoms with Gasteiger partial charge in [-0.15, -0.1) is 0 Å². The summed E-state index contributed by atoms with van der Waals surface area (Å²) >= 11 is 0. The van der Waals surface area contributed by atoms with Gasteiger partial charge in [0.2, 0.25) is 0 Å². The molecule has 0 saturated heterocycles. The van der Waals surface area contributed by atoms with Crippen LogP contribution in [0.3, 0.4) is 0 Å². The van der Waals surface area contributed by atoms with Crippen LogP contribution in [0.15, 0.2) is 30.5 Å². The molecule has 2 aromatic heterocycles. The standard InChI is InChI=1S/C10H5N6O4/c17-15(18)9-3-1-2-8-7(9)6-11-14(8)10-4-5-13(12-10)16(19)20/h1-5H. The quantitative estimate of drug-likeness (QED) is 0.517. The average molecular weight is 273 g/mol. The van der Waals surface area contributed by atoms with Crippen LogP contribution in [0, 0.1) is 26.4 Å². The van der Waals surface area contributed by atoms with Crippen molar-refractivity contribution in [2.75, 3.05) is 0 Å². The molecule has 1 radical (unpaired) electrons. The largest absolute Gasteiger partial charge is 0.339 e. The molecule has 20 heavy (non-hydrogen) atoms. The molecule has 0 saturated carbocycles. The van der Waals surface area contributed by atoms with E-state index in [1.807, 2.05) is 0 Å². The number of nitrogens with zero attached hydrogens (tertiary/aromatic N) is 6. The highest BCUT2D eigenvalue weighted by atomic mass is 16.7. The number of hydrogen-bond donors (Lipinski definition) is 0. The second-order valence-electron chi connectivity index (χ2n) is 3.78. The van der Waals surface area contributed by atoms with Gasteiger partial charge in [-0.3, -0.25) is 10.1 Å². The molecule has 0 aliphatic rings. The van der Waals surface area contributed by atoms with E-state index in [-0.39, 0.29) is 16.9 Å². The third kappa shape index (κ3) is 1.67. The summed E-state index contributed by atoms with van der Waals surface area (Å²) in [7, 11) is 0. The number of nitro benzene ring substituents is 1. The Hall–Kier alpha value is -3.30. The van der Waals surface area contributed by atoms with Crippen LogP contribution in [-0.4, -0.2) is 29.6 Å². The van der Waals surface area contributed by atoms with Gasteiger partial charge in [0.1, 0.15) is 17.8 Å². The highest BCUT2D eigenvalue weighted by molar-refractivity contribution is 5.88. The van der Waals surface area contributed by atoms with Crippen LogP contribution in [0.25, 0.3) is 16.7 Å². The molecular weight excluding hydrogens is 268 g/mol. The summed E-state index contributed by atoms with van der Waals surface area (Å²) < 4.78 is 1.25. The van der Waals surface area contributed by atoms with Gasteiger partial charge in [-0.05, 0) is 6.07 Å². The van der Waals surface area contributed by atoms with Gasteiger partial charge < -0.3 is 10.1 Å². The maximum atomic E-state index is 10.9. The molecule has 99 valence electrons. The van der Waals surface area contributed by atoms with Crippen molar-refractivity contribution >= 4 is 16.6 Å². The number of non-ortho nitro benzene ring substituents is 1. The first-order valence-corrected chi connectivity index (χ1v) is 5.32. The lowest BCUT2D eigenvalue weighted by Gasteiger charge is -1.95. The smallest absolute Gasteiger partial charge is 0.296 e. The van der Waals surface area contributed by atoms with E-state index in [9.17, 15) is 20.2 Å². The van der Waals surface area contributed by atoms with Crippen molar-refractivity contribution < 1.29 is 9.96 Å². The minimum atomic E-state index is -0.707. The first-order chi connectivity index (χ1) is 9.58. The minimum absolute atomic E-state index is 0.137. The van der Waals surface area contributed by atoms with Crippen molar-refractivity contribution in [1.82, 2.24) is 19.7 Å². The molecule has 3 rings (SSSR count). The molecule has 10 nitrogen and oxygen atoms in total. The number of fused-ring (bicyclic) bond motifs is 1. The molecule has 0 bridgehead atoms. The van der Waals surface area contributed by atoms with Gasteiger partial charge in [-0.25, -0.2) is 0 Å². The molecule has 0 amide bonds. The van der Waals surface area contributed by atoms with Gasteiger partial charge in [0.15, 0.2) is 0 Å². The molecule has 0 N–H and O–H groups in total. The first kappa shape index (κ1) is 11.8. The van der Waals surface area contributed by atoms with Crippen LogP contribution >= 0.6 is 0 Å². The Morgan fingerprint density at radius 3 is 2.65 bits per heavy atom. The van der Waals surface area contributed by atoms with Crippen LogP contribution < -0.4 is 0 Å². The van der Waals surface area contributed by atoms with E-state index in [4.69, 9.17) is 0 Å². The molecule has 0 atom stereocenters. The summed E-state index contributed by atoms with van der Waals surface area (Å²) in [4.78, 5) is 21.5. The molecule has 0 spiro atoms. The van der Waals surface area contributed by atoms with Crippen LogP contribution in [0.2, 0.25) is 0 Å². The van der Waals surface area contributed by atoms with E-state index in [1.165, 1.54) is 22.9 Å². The lowest BCUT2D eigenvalue weighted by molar-refractivity contribution is -0.552. The van der Waals surface area contributed by atoms with Gasteiger partial charge in [0, 0.05) is 16.9 Å². The number of hydrogen-bond acceptors (Lipinski definition) is 6. The molecule has 0 aliphatic carbocycles. The van der Waals surface area contributed by atoms with Crippen molar-refractivity contribution in [2.24, 2.45) is 0 Å². The molecule has 10 heteroatoms. The van der Waals surface area contributed by atoms with E-state index < -0.39 is 9.96 Å². The van der Waals surface area contributed by atoms with Crippen molar-refractivity contribution in [3.8, 4) is 5.82 Å². The Bertz CT molecular complexity index is 835. The Kier molecular flexibility index (Phi) is 2.42. The fraction of sp³-hybridized carbons (Fsp3) is 0. The molecule has 3 aromatic rings. The summed E-state index contributed by atoms with van der Waals surface area (Å²) in [5, 5.41) is 28.5. The van der Waals surface area contributed by atoms with E-state index in [0.29, 0.717) is 10.3 Å². The lowest BCUT2D eigenvalue weighted by Crippen LogP contribution is -2.09. The van der Waals surface area contributed by atoms with E-state index in [0.717, 1.165) is 6.20 Å².